The van der Waals surface area contributed by atoms with Gasteiger partial charge in [-0.25, -0.2) is 0 Å². The van der Waals surface area contributed by atoms with Crippen molar-refractivity contribution in [3.63, 3.8) is 0 Å². The number of carbonyl (C=O) groups is 2. The summed E-state index contributed by atoms with van der Waals surface area (Å²) in [5.74, 6) is 0.986. The Balaban J connectivity index is 1.96. The van der Waals surface area contributed by atoms with Crippen molar-refractivity contribution in [2.45, 2.75) is 33.4 Å². The van der Waals surface area contributed by atoms with Crippen LogP contribution in [0, 0.1) is 13.8 Å². The van der Waals surface area contributed by atoms with E-state index in [1.54, 1.807) is 28.8 Å². The van der Waals surface area contributed by atoms with E-state index < -0.39 is 0 Å². The Labute approximate surface area is 166 Å². The first kappa shape index (κ1) is 21.0. The third-order valence-electron chi connectivity index (χ3n) is 4.27. The summed E-state index contributed by atoms with van der Waals surface area (Å²) in [5.41, 5.74) is 4.81. The van der Waals surface area contributed by atoms with Gasteiger partial charge in [0.15, 0.2) is 0 Å². The van der Waals surface area contributed by atoms with Crippen molar-refractivity contribution in [3.8, 4) is 0 Å². The van der Waals surface area contributed by atoms with E-state index in [1.807, 2.05) is 26.0 Å². The maximum absolute atomic E-state index is 12.6. The minimum absolute atomic E-state index is 0.0567. The predicted octanol–water partition coefficient (Wildman–Crippen LogP) is 4.66. The number of thioether (sulfide) groups is 1. The van der Waals surface area contributed by atoms with E-state index in [9.17, 15) is 9.59 Å². The van der Waals surface area contributed by atoms with E-state index in [1.165, 1.54) is 16.7 Å². The van der Waals surface area contributed by atoms with Crippen LogP contribution in [0.4, 0.5) is 5.69 Å². The van der Waals surface area contributed by atoms with Crippen molar-refractivity contribution < 1.29 is 9.59 Å². The van der Waals surface area contributed by atoms with Crippen molar-refractivity contribution in [1.29, 1.82) is 0 Å². The van der Waals surface area contributed by atoms with Crippen LogP contribution >= 0.6 is 11.8 Å². The molecule has 5 heteroatoms. The van der Waals surface area contributed by atoms with Gasteiger partial charge in [-0.2, -0.15) is 0 Å². The van der Waals surface area contributed by atoms with Gasteiger partial charge in [-0.1, -0.05) is 41.5 Å². The van der Waals surface area contributed by atoms with Gasteiger partial charge >= 0.3 is 0 Å². The first-order valence-electron chi connectivity index (χ1n) is 9.27. The molecule has 0 saturated heterocycles. The van der Waals surface area contributed by atoms with Gasteiger partial charge in [-0.05, 0) is 45.4 Å². The molecule has 0 aliphatic heterocycles. The molecule has 0 spiro atoms. The number of aryl methyl sites for hydroxylation is 2. The molecule has 0 saturated carbocycles. The van der Waals surface area contributed by atoms with Crippen LogP contribution in [-0.2, 0) is 10.5 Å². The summed E-state index contributed by atoms with van der Waals surface area (Å²) >= 11 is 1.57. The first-order valence-corrected chi connectivity index (χ1v) is 10.4. The van der Waals surface area contributed by atoms with Crippen molar-refractivity contribution in [2.75, 3.05) is 24.2 Å². The van der Waals surface area contributed by atoms with Crippen LogP contribution in [0.25, 0.3) is 0 Å². The lowest BCUT2D eigenvalue weighted by molar-refractivity contribution is -0.113. The van der Waals surface area contributed by atoms with Gasteiger partial charge in [0.25, 0.3) is 5.91 Å². The highest BCUT2D eigenvalue weighted by Crippen LogP contribution is 2.19. The monoisotopic (exact) mass is 384 g/mol. The molecule has 2 aromatic carbocycles. The Bertz CT molecular complexity index is 780. The van der Waals surface area contributed by atoms with Gasteiger partial charge in [0, 0.05) is 18.8 Å². The second kappa shape index (κ2) is 10.2. The van der Waals surface area contributed by atoms with Gasteiger partial charge in [0.1, 0.15) is 0 Å². The van der Waals surface area contributed by atoms with Crippen LogP contribution in [0.5, 0.6) is 0 Å². The number of amides is 2. The molecule has 0 fully saturated rings. The summed E-state index contributed by atoms with van der Waals surface area (Å²) in [6, 6.07) is 13.6. The minimum Gasteiger partial charge on any atom is -0.339 e. The minimum atomic E-state index is -0.0934. The molecule has 0 bridgehead atoms. The van der Waals surface area contributed by atoms with E-state index in [2.05, 4.69) is 37.4 Å². The summed E-state index contributed by atoms with van der Waals surface area (Å²) in [4.78, 5) is 26.8. The Kier molecular flexibility index (Phi) is 7.92. The number of hydrogen-bond acceptors (Lipinski definition) is 3. The van der Waals surface area contributed by atoms with Crippen LogP contribution in [-0.4, -0.2) is 35.6 Å². The highest BCUT2D eigenvalue weighted by Gasteiger charge is 2.17. The van der Waals surface area contributed by atoms with E-state index in [4.69, 9.17) is 0 Å². The molecule has 0 unspecified atom stereocenters. The van der Waals surface area contributed by atoms with Crippen LogP contribution in [0.15, 0.2) is 42.5 Å². The van der Waals surface area contributed by atoms with Gasteiger partial charge in [0.2, 0.25) is 5.91 Å². The molecule has 0 heterocycles. The molecule has 2 amide bonds. The lowest BCUT2D eigenvalue weighted by Gasteiger charge is -2.20. The number of benzene rings is 2. The van der Waals surface area contributed by atoms with Crippen LogP contribution in [0.3, 0.4) is 0 Å². The summed E-state index contributed by atoms with van der Waals surface area (Å²) in [6.07, 6.45) is 0. The fourth-order valence-electron chi connectivity index (χ4n) is 3.06. The number of rotatable bonds is 8. The topological polar surface area (TPSA) is 49.4 Å². The third kappa shape index (κ3) is 6.14. The van der Waals surface area contributed by atoms with Gasteiger partial charge in [-0.15, -0.1) is 11.8 Å². The van der Waals surface area contributed by atoms with Crippen LogP contribution < -0.4 is 5.32 Å². The van der Waals surface area contributed by atoms with Crippen molar-refractivity contribution >= 4 is 29.3 Å². The van der Waals surface area contributed by atoms with Crippen molar-refractivity contribution in [3.05, 3.63) is 64.7 Å². The molecule has 1 N–H and O–H groups in total. The highest BCUT2D eigenvalue weighted by atomic mass is 32.2. The predicted molar refractivity (Wildman–Crippen MR) is 114 cm³/mol. The number of nitrogens with one attached hydrogen (secondary N) is 1. The lowest BCUT2D eigenvalue weighted by Crippen LogP contribution is -2.31. The van der Waals surface area contributed by atoms with E-state index in [-0.39, 0.29) is 11.8 Å². The SMILES string of the molecule is CCN(CC)C(=O)c1ccccc1NC(=O)CSCc1cc(C)cc(C)c1. The number of carbonyl (C=O) groups excluding carboxylic acids is 2. The van der Waals surface area contributed by atoms with Crippen LogP contribution in [0.2, 0.25) is 0 Å². The van der Waals surface area contributed by atoms with E-state index in [0.29, 0.717) is 30.1 Å². The third-order valence-corrected chi connectivity index (χ3v) is 5.27. The van der Waals surface area contributed by atoms with Crippen molar-refractivity contribution in [1.82, 2.24) is 4.90 Å². The summed E-state index contributed by atoms with van der Waals surface area (Å²) in [5, 5.41) is 2.90. The molecule has 144 valence electrons. The van der Waals surface area contributed by atoms with Crippen molar-refractivity contribution in [2.24, 2.45) is 0 Å². The fraction of sp³-hybridized carbons (Fsp3) is 0.364. The second-order valence-electron chi connectivity index (χ2n) is 6.56. The van der Waals surface area contributed by atoms with E-state index >= 15 is 0 Å². The number of anilines is 1. The quantitative estimate of drug-likeness (QED) is 0.720. The number of hydrogen-bond donors (Lipinski definition) is 1. The molecule has 2 aromatic rings. The molecular weight excluding hydrogens is 356 g/mol. The van der Waals surface area contributed by atoms with E-state index in [0.717, 1.165) is 5.75 Å². The average Bonchev–Trinajstić information content (AvgIpc) is 2.62. The maximum Gasteiger partial charge on any atom is 0.255 e. The molecule has 27 heavy (non-hydrogen) atoms. The summed E-state index contributed by atoms with van der Waals surface area (Å²) in [7, 11) is 0. The Hall–Kier alpha value is -2.27. The maximum atomic E-state index is 12.6. The van der Waals surface area contributed by atoms with Crippen LogP contribution in [0.1, 0.15) is 40.9 Å². The average molecular weight is 385 g/mol. The Morgan fingerprint density at radius 2 is 1.63 bits per heavy atom. The lowest BCUT2D eigenvalue weighted by atomic mass is 10.1. The normalized spacial score (nSPS) is 10.5. The molecular formula is C22H28N2O2S. The van der Waals surface area contributed by atoms with Gasteiger partial charge < -0.3 is 10.2 Å². The molecule has 2 rings (SSSR count). The fourth-order valence-corrected chi connectivity index (χ4v) is 3.82. The molecule has 0 aromatic heterocycles. The molecule has 0 radical (unpaired) electrons. The number of para-hydroxylation sites is 1. The second-order valence-corrected chi connectivity index (χ2v) is 7.55. The number of nitrogens with zero attached hydrogens (tertiary/aromatic N) is 1. The first-order chi connectivity index (χ1) is 12.9. The highest BCUT2D eigenvalue weighted by molar-refractivity contribution is 7.99. The molecule has 4 nitrogen and oxygen atoms in total. The summed E-state index contributed by atoms with van der Waals surface area (Å²) < 4.78 is 0. The zero-order chi connectivity index (χ0) is 19.8. The van der Waals surface area contributed by atoms with Gasteiger partial charge in [0.05, 0.1) is 17.0 Å². The summed E-state index contributed by atoms with van der Waals surface area (Å²) in [6.45, 7) is 9.35. The molecule has 0 aliphatic rings. The molecule has 0 aliphatic carbocycles. The Morgan fingerprint density at radius 3 is 2.26 bits per heavy atom. The molecule has 0 atom stereocenters. The zero-order valence-electron chi connectivity index (χ0n) is 16.5. The largest absolute Gasteiger partial charge is 0.339 e. The standard InChI is InChI=1S/C22H28N2O2S/c1-5-24(6-2)22(26)19-9-7-8-10-20(19)23-21(25)15-27-14-18-12-16(3)11-17(4)13-18/h7-13H,5-6,14-15H2,1-4H3,(H,23,25). The van der Waals surface area contributed by atoms with Gasteiger partial charge in [-0.3, -0.25) is 9.59 Å². The Morgan fingerprint density at radius 1 is 1.00 bits per heavy atom. The smallest absolute Gasteiger partial charge is 0.255 e. The zero-order valence-corrected chi connectivity index (χ0v) is 17.4.